The van der Waals surface area contributed by atoms with Crippen LogP contribution in [0.5, 0.6) is 0 Å². The summed E-state index contributed by atoms with van der Waals surface area (Å²) in [4.78, 5) is 11.4. The minimum absolute atomic E-state index is 0.151. The Balaban J connectivity index is 1.94. The van der Waals surface area contributed by atoms with Crippen LogP contribution in [0, 0.1) is 11.8 Å². The van der Waals surface area contributed by atoms with Gasteiger partial charge in [0.25, 0.3) is 0 Å². The van der Waals surface area contributed by atoms with Crippen molar-refractivity contribution in [3.8, 4) is 0 Å². The van der Waals surface area contributed by atoms with Gasteiger partial charge in [0.15, 0.2) is 0 Å². The van der Waals surface area contributed by atoms with Crippen molar-refractivity contribution in [1.29, 1.82) is 0 Å². The summed E-state index contributed by atoms with van der Waals surface area (Å²) in [6.45, 7) is 8.55. The number of ether oxygens (including phenoxy) is 1. The Labute approximate surface area is 104 Å². The van der Waals surface area contributed by atoms with E-state index in [-0.39, 0.29) is 5.91 Å². The molecule has 0 spiro atoms. The molecule has 0 saturated carbocycles. The molecule has 0 aromatic carbocycles. The topological polar surface area (TPSA) is 50.4 Å². The third-order valence-corrected chi connectivity index (χ3v) is 3.01. The van der Waals surface area contributed by atoms with E-state index in [1.165, 1.54) is 0 Å². The molecule has 0 atom stereocenters. The Morgan fingerprint density at radius 3 is 2.71 bits per heavy atom. The quantitative estimate of drug-likeness (QED) is 0.659. The number of hydrogen-bond donors (Lipinski definition) is 2. The molecule has 100 valence electrons. The first kappa shape index (κ1) is 14.5. The predicted molar refractivity (Wildman–Crippen MR) is 68.9 cm³/mol. The molecule has 0 radical (unpaired) electrons. The van der Waals surface area contributed by atoms with Gasteiger partial charge in [-0.3, -0.25) is 4.79 Å². The van der Waals surface area contributed by atoms with Crippen molar-refractivity contribution in [2.24, 2.45) is 11.8 Å². The maximum absolute atomic E-state index is 11.4. The fraction of sp³-hybridized carbons (Fsp3) is 0.923. The highest BCUT2D eigenvalue weighted by atomic mass is 16.5. The smallest absolute Gasteiger partial charge is 0.221 e. The van der Waals surface area contributed by atoms with Crippen molar-refractivity contribution >= 4 is 5.91 Å². The lowest BCUT2D eigenvalue weighted by Crippen LogP contribution is -2.33. The molecule has 0 aromatic rings. The molecule has 17 heavy (non-hydrogen) atoms. The van der Waals surface area contributed by atoms with Gasteiger partial charge in [-0.2, -0.15) is 0 Å². The number of hydrogen-bond acceptors (Lipinski definition) is 3. The first-order valence-electron chi connectivity index (χ1n) is 6.73. The molecule has 4 nitrogen and oxygen atoms in total. The number of carbonyl (C=O) groups excluding carboxylic acids is 1. The molecule has 1 aliphatic rings. The largest absolute Gasteiger partial charge is 0.381 e. The van der Waals surface area contributed by atoms with E-state index in [0.717, 1.165) is 51.6 Å². The molecular weight excluding hydrogens is 216 g/mol. The van der Waals surface area contributed by atoms with Crippen LogP contribution in [-0.2, 0) is 9.53 Å². The van der Waals surface area contributed by atoms with Crippen molar-refractivity contribution in [2.45, 2.75) is 33.1 Å². The van der Waals surface area contributed by atoms with Gasteiger partial charge in [0.05, 0.1) is 0 Å². The van der Waals surface area contributed by atoms with Crippen molar-refractivity contribution in [2.75, 3.05) is 32.8 Å². The maximum Gasteiger partial charge on any atom is 0.221 e. The molecule has 1 rings (SSSR count). The lowest BCUT2D eigenvalue weighted by molar-refractivity contribution is -0.121. The average Bonchev–Trinajstić information content (AvgIpc) is 2.33. The number of rotatable bonds is 7. The van der Waals surface area contributed by atoms with Crippen molar-refractivity contribution in [3.05, 3.63) is 0 Å². The van der Waals surface area contributed by atoms with Crippen molar-refractivity contribution in [1.82, 2.24) is 10.6 Å². The van der Waals surface area contributed by atoms with E-state index >= 15 is 0 Å². The molecule has 1 heterocycles. The summed E-state index contributed by atoms with van der Waals surface area (Å²) in [6.07, 6.45) is 2.87. The average molecular weight is 242 g/mol. The second kappa shape index (κ2) is 8.48. The maximum atomic E-state index is 11.4. The van der Waals surface area contributed by atoms with Gasteiger partial charge in [0.2, 0.25) is 5.91 Å². The van der Waals surface area contributed by atoms with Crippen LogP contribution in [0.2, 0.25) is 0 Å². The summed E-state index contributed by atoms with van der Waals surface area (Å²) in [5.41, 5.74) is 0. The second-order valence-corrected chi connectivity index (χ2v) is 5.21. The monoisotopic (exact) mass is 242 g/mol. The van der Waals surface area contributed by atoms with Gasteiger partial charge in [-0.1, -0.05) is 13.8 Å². The molecule has 2 N–H and O–H groups in total. The molecule has 0 aliphatic carbocycles. The molecule has 1 fully saturated rings. The van der Waals surface area contributed by atoms with Crippen LogP contribution in [0.25, 0.3) is 0 Å². The van der Waals surface area contributed by atoms with E-state index in [9.17, 15) is 4.79 Å². The SMILES string of the molecule is CC(C)CNC(=O)CCNCC1CCOCC1. The van der Waals surface area contributed by atoms with Gasteiger partial charge in [-0.05, 0) is 31.2 Å². The van der Waals surface area contributed by atoms with Gasteiger partial charge >= 0.3 is 0 Å². The first-order chi connectivity index (χ1) is 8.18. The fourth-order valence-corrected chi connectivity index (χ4v) is 1.86. The van der Waals surface area contributed by atoms with E-state index in [0.29, 0.717) is 12.3 Å². The standard InChI is InChI=1S/C13H26N2O2/c1-11(2)9-15-13(16)3-6-14-10-12-4-7-17-8-5-12/h11-12,14H,3-10H2,1-2H3,(H,15,16). The zero-order valence-corrected chi connectivity index (χ0v) is 11.1. The van der Waals surface area contributed by atoms with Crippen LogP contribution in [0.3, 0.4) is 0 Å². The summed E-state index contributed by atoms with van der Waals surface area (Å²) in [5.74, 6) is 1.40. The number of carbonyl (C=O) groups is 1. The number of nitrogens with one attached hydrogen (secondary N) is 2. The summed E-state index contributed by atoms with van der Waals surface area (Å²) in [6, 6.07) is 0. The first-order valence-corrected chi connectivity index (χ1v) is 6.73. The molecule has 1 saturated heterocycles. The van der Waals surface area contributed by atoms with Gasteiger partial charge in [0, 0.05) is 32.7 Å². The zero-order valence-electron chi connectivity index (χ0n) is 11.1. The minimum Gasteiger partial charge on any atom is -0.381 e. The van der Waals surface area contributed by atoms with Crippen molar-refractivity contribution < 1.29 is 9.53 Å². The molecule has 4 heteroatoms. The summed E-state index contributed by atoms with van der Waals surface area (Å²) < 4.78 is 5.31. The van der Waals surface area contributed by atoms with Crippen LogP contribution >= 0.6 is 0 Å². The minimum atomic E-state index is 0.151. The van der Waals surface area contributed by atoms with Crippen LogP contribution in [0.15, 0.2) is 0 Å². The zero-order chi connectivity index (χ0) is 12.5. The third kappa shape index (κ3) is 7.34. The molecule has 0 bridgehead atoms. The molecule has 1 aliphatic heterocycles. The van der Waals surface area contributed by atoms with Gasteiger partial charge in [0.1, 0.15) is 0 Å². The van der Waals surface area contributed by atoms with Crippen LogP contribution in [0.1, 0.15) is 33.1 Å². The van der Waals surface area contributed by atoms with Crippen LogP contribution in [0.4, 0.5) is 0 Å². The van der Waals surface area contributed by atoms with Crippen LogP contribution in [-0.4, -0.2) is 38.8 Å². The Bertz CT molecular complexity index is 213. The van der Waals surface area contributed by atoms with Crippen LogP contribution < -0.4 is 10.6 Å². The lowest BCUT2D eigenvalue weighted by atomic mass is 10.0. The van der Waals surface area contributed by atoms with E-state index in [1.807, 2.05) is 0 Å². The number of amides is 1. The Morgan fingerprint density at radius 2 is 2.06 bits per heavy atom. The normalized spacial score (nSPS) is 17.4. The molecule has 0 aromatic heterocycles. The predicted octanol–water partition coefficient (Wildman–Crippen LogP) is 1.16. The molecule has 1 amide bonds. The Morgan fingerprint density at radius 1 is 1.35 bits per heavy atom. The summed E-state index contributed by atoms with van der Waals surface area (Å²) >= 11 is 0. The molecular formula is C13H26N2O2. The highest BCUT2D eigenvalue weighted by Gasteiger charge is 2.12. The lowest BCUT2D eigenvalue weighted by Gasteiger charge is -2.22. The van der Waals surface area contributed by atoms with E-state index in [4.69, 9.17) is 4.74 Å². The highest BCUT2D eigenvalue weighted by molar-refractivity contribution is 5.76. The highest BCUT2D eigenvalue weighted by Crippen LogP contribution is 2.12. The van der Waals surface area contributed by atoms with Gasteiger partial charge in [-0.15, -0.1) is 0 Å². The third-order valence-electron chi connectivity index (χ3n) is 3.01. The fourth-order valence-electron chi connectivity index (χ4n) is 1.86. The second-order valence-electron chi connectivity index (χ2n) is 5.21. The van der Waals surface area contributed by atoms with E-state index < -0.39 is 0 Å². The van der Waals surface area contributed by atoms with E-state index in [2.05, 4.69) is 24.5 Å². The summed E-state index contributed by atoms with van der Waals surface area (Å²) in [5, 5.41) is 6.28. The molecule has 0 unspecified atom stereocenters. The summed E-state index contributed by atoms with van der Waals surface area (Å²) in [7, 11) is 0. The van der Waals surface area contributed by atoms with E-state index in [1.54, 1.807) is 0 Å². The van der Waals surface area contributed by atoms with Crippen molar-refractivity contribution in [3.63, 3.8) is 0 Å². The Hall–Kier alpha value is -0.610. The van der Waals surface area contributed by atoms with Gasteiger partial charge < -0.3 is 15.4 Å². The Kier molecular flexibility index (Phi) is 7.21. The van der Waals surface area contributed by atoms with Gasteiger partial charge in [-0.25, -0.2) is 0 Å².